The summed E-state index contributed by atoms with van der Waals surface area (Å²) in [5.74, 6) is -1.30. The van der Waals surface area contributed by atoms with E-state index in [9.17, 15) is 44.2 Å². The lowest BCUT2D eigenvalue weighted by atomic mass is 9.84. The van der Waals surface area contributed by atoms with Crippen LogP contribution in [-0.2, 0) is 46.6 Å². The molecule has 8 rings (SSSR count). The van der Waals surface area contributed by atoms with E-state index in [1.54, 1.807) is 23.5 Å². The van der Waals surface area contributed by atoms with Crippen LogP contribution in [0.3, 0.4) is 0 Å². The zero-order chi connectivity index (χ0) is 63.4. The molecule has 0 unspecified atom stereocenters. The van der Waals surface area contributed by atoms with Crippen LogP contribution >= 0.6 is 23.5 Å². The van der Waals surface area contributed by atoms with Crippen LogP contribution in [-0.4, -0.2) is 127 Å². The van der Waals surface area contributed by atoms with Crippen LogP contribution in [0.15, 0.2) is 207 Å². The predicted molar refractivity (Wildman–Crippen MR) is 349 cm³/mol. The van der Waals surface area contributed by atoms with Crippen LogP contribution in [0.1, 0.15) is 71.9 Å². The quantitative estimate of drug-likeness (QED) is 0.0106. The van der Waals surface area contributed by atoms with Gasteiger partial charge in [0.2, 0.25) is 42.2 Å². The number of nitro groups is 2. The number of hydrogen-bond acceptors (Lipinski definition) is 14. The number of carbonyl (C=O) groups excluding carboxylic acids is 5. The van der Waals surface area contributed by atoms with E-state index in [2.05, 4.69) is 109 Å². The number of benzene rings is 6. The third-order valence-electron chi connectivity index (χ3n) is 15.0. The van der Waals surface area contributed by atoms with Gasteiger partial charge in [-0.3, -0.25) is 28.9 Å². The van der Waals surface area contributed by atoms with Crippen LogP contribution in [0, 0.1) is 20.2 Å². The normalized spacial score (nSPS) is 11.7. The smallest absolute Gasteiger partial charge is 0.358 e. The van der Waals surface area contributed by atoms with Crippen molar-refractivity contribution in [3.63, 3.8) is 0 Å². The van der Waals surface area contributed by atoms with E-state index in [0.29, 0.717) is 43.9 Å². The van der Waals surface area contributed by atoms with Gasteiger partial charge in [0.15, 0.2) is 0 Å². The largest absolute Gasteiger partial charge is 0.381 e. The van der Waals surface area contributed by atoms with Crippen molar-refractivity contribution >= 4 is 64.7 Å². The van der Waals surface area contributed by atoms with Gasteiger partial charge in [-0.15, -0.1) is 23.5 Å². The van der Waals surface area contributed by atoms with Crippen LogP contribution < -0.4 is 26.6 Å². The second-order valence-electron chi connectivity index (χ2n) is 21.2. The molecule has 0 saturated carbocycles. The molecule has 0 fully saturated rings. The van der Waals surface area contributed by atoms with E-state index in [4.69, 9.17) is 0 Å². The standard InChI is InChI=1S/C67H74N12O9S2/c80-61(35-41-76-46-59(72-50-76)78(85)86)68-37-20-19-34-58(74-62(81)36-42-77-47-60(73-51-77)79(87)88)65(84)71-39-21-38-69-63(82)48-75(43-45-90-67(55-28-13-4-14-29-55,56-30-15-5-16-31-56)57-32-17-6-18-33-57)49-64(83)70-40-44-89-66(52-22-7-1-8-23-52,53-24-9-2-10-25-53)54-26-11-3-12-27-54/h1-18,22-33,46-47,50-51,58H,19-21,34-45,48-49H2,(H,68,80)(H,69,82)(H,70,83)(H,71,84)(H,74,81)/t58-/m0/s1. The van der Waals surface area contributed by atoms with Crippen LogP contribution in [0.25, 0.3) is 0 Å². The summed E-state index contributed by atoms with van der Waals surface area (Å²) in [5.41, 5.74) is 6.61. The van der Waals surface area contributed by atoms with Gasteiger partial charge in [-0.2, -0.15) is 0 Å². The molecule has 468 valence electrons. The summed E-state index contributed by atoms with van der Waals surface area (Å²) in [6.07, 6.45) is 6.43. The summed E-state index contributed by atoms with van der Waals surface area (Å²) < 4.78 is 1.67. The number of thioether (sulfide) groups is 2. The summed E-state index contributed by atoms with van der Waals surface area (Å²) in [4.78, 5) is 97.8. The fourth-order valence-corrected chi connectivity index (χ4v) is 13.5. The molecule has 0 bridgehead atoms. The molecule has 0 aliphatic rings. The molecule has 21 nitrogen and oxygen atoms in total. The number of hydrogen-bond donors (Lipinski definition) is 5. The first-order valence-corrected chi connectivity index (χ1v) is 31.8. The number of aryl methyl sites for hydroxylation is 2. The van der Waals surface area contributed by atoms with Gasteiger partial charge in [0.05, 0.1) is 22.6 Å². The highest BCUT2D eigenvalue weighted by molar-refractivity contribution is 8.00. The molecule has 0 saturated heterocycles. The maximum absolute atomic E-state index is 14.2. The van der Waals surface area contributed by atoms with Gasteiger partial charge in [-0.25, -0.2) is 0 Å². The Morgan fingerprint density at radius 1 is 0.467 bits per heavy atom. The van der Waals surface area contributed by atoms with Gasteiger partial charge < -0.3 is 55.9 Å². The lowest BCUT2D eigenvalue weighted by Gasteiger charge is -2.36. The second-order valence-corrected chi connectivity index (χ2v) is 23.8. The topological polar surface area (TPSA) is 271 Å². The molecule has 0 aliphatic carbocycles. The highest BCUT2D eigenvalue weighted by Gasteiger charge is 2.38. The second kappa shape index (κ2) is 34.3. The maximum atomic E-state index is 14.2. The summed E-state index contributed by atoms with van der Waals surface area (Å²) in [6.45, 7) is 1.52. The minimum absolute atomic E-state index is 0.0482. The highest BCUT2D eigenvalue weighted by atomic mass is 32.2. The summed E-state index contributed by atoms with van der Waals surface area (Å²) in [6, 6.07) is 61.2. The van der Waals surface area contributed by atoms with Gasteiger partial charge in [0.1, 0.15) is 18.4 Å². The zero-order valence-electron chi connectivity index (χ0n) is 49.8. The Kier molecular flexibility index (Phi) is 25.4. The number of carbonyl (C=O) groups is 5. The van der Waals surface area contributed by atoms with Crippen LogP contribution in [0.5, 0.6) is 0 Å². The zero-order valence-corrected chi connectivity index (χ0v) is 51.5. The fraction of sp³-hybridized carbons (Fsp3) is 0.299. The Morgan fingerprint density at radius 2 is 0.833 bits per heavy atom. The third-order valence-corrected chi connectivity index (χ3v) is 18.0. The van der Waals surface area contributed by atoms with Crippen LogP contribution in [0.2, 0.25) is 0 Å². The minimum Gasteiger partial charge on any atom is -0.358 e. The third kappa shape index (κ3) is 19.0. The molecule has 2 heterocycles. The van der Waals surface area contributed by atoms with E-state index in [-0.39, 0.29) is 94.4 Å². The number of rotatable bonds is 37. The van der Waals surface area contributed by atoms with Crippen molar-refractivity contribution in [3.05, 3.63) is 261 Å². The molecule has 5 amide bonds. The first-order chi connectivity index (χ1) is 43.8. The summed E-state index contributed by atoms with van der Waals surface area (Å²) >= 11 is 3.49. The van der Waals surface area contributed by atoms with Gasteiger partial charge in [-0.05, 0) is 78.9 Å². The molecule has 6 aromatic carbocycles. The van der Waals surface area contributed by atoms with Crippen molar-refractivity contribution < 1.29 is 33.8 Å². The average molecular weight is 1260 g/mol. The van der Waals surface area contributed by atoms with Crippen molar-refractivity contribution in [3.8, 4) is 0 Å². The molecule has 5 N–H and O–H groups in total. The molecule has 90 heavy (non-hydrogen) atoms. The summed E-state index contributed by atoms with van der Waals surface area (Å²) in [7, 11) is 0. The van der Waals surface area contributed by atoms with Crippen molar-refractivity contribution in [2.45, 2.75) is 67.2 Å². The van der Waals surface area contributed by atoms with Crippen molar-refractivity contribution in [1.29, 1.82) is 0 Å². The van der Waals surface area contributed by atoms with Gasteiger partial charge in [0.25, 0.3) is 0 Å². The number of unbranched alkanes of at least 4 members (excludes halogenated alkanes) is 1. The Morgan fingerprint density at radius 3 is 1.24 bits per heavy atom. The lowest BCUT2D eigenvalue weighted by molar-refractivity contribution is -0.389. The van der Waals surface area contributed by atoms with E-state index < -0.39 is 37.2 Å². The first kappa shape index (κ1) is 66.5. The Hall–Kier alpha value is -9.45. The van der Waals surface area contributed by atoms with E-state index >= 15 is 0 Å². The monoisotopic (exact) mass is 1250 g/mol. The molecular formula is C67H74N12O9S2. The van der Waals surface area contributed by atoms with E-state index in [0.717, 1.165) is 33.4 Å². The SMILES string of the molecule is O=C(CCn1cnc([N+](=O)[O-])c1)NCCCC[C@H](NC(=O)CCn1cnc([N+](=O)[O-])c1)C(=O)NCCCNC(=O)CN(CCSC(c1ccccc1)(c1ccccc1)c1ccccc1)CC(=O)NCCSC(c1ccccc1)(c1ccccc1)c1ccccc1. The molecule has 23 heteroatoms. The molecule has 0 spiro atoms. The molecule has 8 aromatic rings. The summed E-state index contributed by atoms with van der Waals surface area (Å²) in [5, 5.41) is 36.8. The Balaban J connectivity index is 0.892. The first-order valence-electron chi connectivity index (χ1n) is 29.9. The number of nitrogens with one attached hydrogen (secondary N) is 5. The fourth-order valence-electron chi connectivity index (χ4n) is 10.6. The molecular weight excluding hydrogens is 1180 g/mol. The van der Waals surface area contributed by atoms with E-state index in [1.807, 2.05) is 114 Å². The molecule has 1 atom stereocenters. The van der Waals surface area contributed by atoms with Crippen molar-refractivity contribution in [2.24, 2.45) is 0 Å². The molecule has 2 aromatic heterocycles. The highest BCUT2D eigenvalue weighted by Crippen LogP contribution is 2.49. The van der Waals surface area contributed by atoms with Crippen molar-refractivity contribution in [1.82, 2.24) is 50.6 Å². The number of nitrogens with zero attached hydrogens (tertiary/aromatic N) is 7. The lowest BCUT2D eigenvalue weighted by Crippen LogP contribution is -2.47. The van der Waals surface area contributed by atoms with Gasteiger partial charge >= 0.3 is 11.6 Å². The van der Waals surface area contributed by atoms with Crippen molar-refractivity contribution in [2.75, 3.05) is 57.3 Å². The minimum atomic E-state index is -0.961. The predicted octanol–water partition coefficient (Wildman–Crippen LogP) is 8.64. The molecule has 0 radical (unpaired) electrons. The van der Waals surface area contributed by atoms with E-state index in [1.165, 1.54) is 34.2 Å². The van der Waals surface area contributed by atoms with Crippen LogP contribution in [0.4, 0.5) is 11.6 Å². The molecule has 0 aliphatic heterocycles. The van der Waals surface area contributed by atoms with Gasteiger partial charge in [0, 0.05) is 70.2 Å². The Bertz CT molecular complexity index is 3380. The number of imidazole rings is 2. The average Bonchev–Trinajstić information content (AvgIpc) is 0.881. The van der Waals surface area contributed by atoms with Gasteiger partial charge in [-0.1, -0.05) is 182 Å². The number of aromatic nitrogens is 4. The Labute approximate surface area is 531 Å². The maximum Gasteiger partial charge on any atom is 0.381 e. The number of amides is 5.